The second-order valence-electron chi connectivity index (χ2n) is 5.00. The standard InChI is InChI=1S/C13H13ClN2S/c14-9-2-3-10-11(8-9)17-12(15-10)13-4-1-6-16(13)7-5-13/h2-3,8H,1,4-7H2. The Bertz CT molecular complexity index is 594. The van der Waals surface area contributed by atoms with Crippen LogP contribution in [0.15, 0.2) is 18.2 Å². The van der Waals surface area contributed by atoms with Gasteiger partial charge in [0.25, 0.3) is 0 Å². The third-order valence-electron chi connectivity index (χ3n) is 4.17. The summed E-state index contributed by atoms with van der Waals surface area (Å²) in [5.74, 6) is 0. The van der Waals surface area contributed by atoms with Crippen molar-refractivity contribution in [3.05, 3.63) is 28.2 Å². The van der Waals surface area contributed by atoms with E-state index < -0.39 is 0 Å². The van der Waals surface area contributed by atoms with E-state index in [4.69, 9.17) is 16.6 Å². The van der Waals surface area contributed by atoms with Crippen molar-refractivity contribution in [1.29, 1.82) is 0 Å². The first-order valence-electron chi connectivity index (χ1n) is 6.10. The molecule has 2 fully saturated rings. The third kappa shape index (κ3) is 1.33. The molecule has 0 saturated carbocycles. The summed E-state index contributed by atoms with van der Waals surface area (Å²) in [6, 6.07) is 6.00. The van der Waals surface area contributed by atoms with Crippen molar-refractivity contribution in [2.75, 3.05) is 13.1 Å². The summed E-state index contributed by atoms with van der Waals surface area (Å²) in [5, 5.41) is 2.11. The lowest BCUT2D eigenvalue weighted by atomic mass is 9.86. The van der Waals surface area contributed by atoms with Gasteiger partial charge in [0.15, 0.2) is 0 Å². The van der Waals surface area contributed by atoms with Crippen LogP contribution in [-0.4, -0.2) is 23.0 Å². The van der Waals surface area contributed by atoms with Crippen molar-refractivity contribution in [2.45, 2.75) is 24.8 Å². The number of hydrogen-bond donors (Lipinski definition) is 0. The van der Waals surface area contributed by atoms with Crippen molar-refractivity contribution >= 4 is 33.2 Å². The number of hydrogen-bond acceptors (Lipinski definition) is 3. The molecular weight excluding hydrogens is 252 g/mol. The fourth-order valence-electron chi connectivity index (χ4n) is 3.16. The summed E-state index contributed by atoms with van der Waals surface area (Å²) in [6.07, 6.45) is 3.87. The predicted molar refractivity (Wildman–Crippen MR) is 71.7 cm³/mol. The molecular formula is C13H13ClN2S. The zero-order valence-corrected chi connectivity index (χ0v) is 11.0. The van der Waals surface area contributed by atoms with Gasteiger partial charge in [-0.25, -0.2) is 4.98 Å². The summed E-state index contributed by atoms with van der Waals surface area (Å²) >= 11 is 7.86. The van der Waals surface area contributed by atoms with Gasteiger partial charge in [-0.3, -0.25) is 4.90 Å². The van der Waals surface area contributed by atoms with E-state index in [0.717, 1.165) is 10.5 Å². The van der Waals surface area contributed by atoms with Crippen molar-refractivity contribution in [3.63, 3.8) is 0 Å². The molecule has 1 unspecified atom stereocenters. The lowest BCUT2D eigenvalue weighted by Gasteiger charge is -2.46. The number of benzene rings is 1. The highest BCUT2D eigenvalue weighted by Crippen LogP contribution is 2.50. The van der Waals surface area contributed by atoms with Gasteiger partial charge in [-0.05, 0) is 44.0 Å². The van der Waals surface area contributed by atoms with Crippen molar-refractivity contribution < 1.29 is 0 Å². The maximum absolute atomic E-state index is 6.03. The Morgan fingerprint density at radius 2 is 2.24 bits per heavy atom. The Kier molecular flexibility index (Phi) is 2.08. The van der Waals surface area contributed by atoms with Gasteiger partial charge >= 0.3 is 0 Å². The highest BCUT2D eigenvalue weighted by molar-refractivity contribution is 7.18. The molecule has 0 amide bonds. The third-order valence-corrected chi connectivity index (χ3v) is 5.61. The molecule has 3 heterocycles. The first kappa shape index (κ1) is 10.3. The van der Waals surface area contributed by atoms with E-state index in [-0.39, 0.29) is 5.54 Å². The normalized spacial score (nSPS) is 28.3. The molecule has 2 saturated heterocycles. The van der Waals surface area contributed by atoms with Crippen LogP contribution in [0.4, 0.5) is 0 Å². The second kappa shape index (κ2) is 3.44. The molecule has 2 aliphatic rings. The molecule has 4 rings (SSSR count). The van der Waals surface area contributed by atoms with Gasteiger partial charge in [0.1, 0.15) is 5.01 Å². The maximum atomic E-state index is 6.03. The molecule has 1 atom stereocenters. The summed E-state index contributed by atoms with van der Waals surface area (Å²) in [6.45, 7) is 2.49. The quantitative estimate of drug-likeness (QED) is 0.782. The topological polar surface area (TPSA) is 16.1 Å². The van der Waals surface area contributed by atoms with E-state index >= 15 is 0 Å². The van der Waals surface area contributed by atoms with Gasteiger partial charge in [0.05, 0.1) is 15.8 Å². The molecule has 1 aromatic heterocycles. The molecule has 2 nitrogen and oxygen atoms in total. The van der Waals surface area contributed by atoms with Gasteiger partial charge in [-0.2, -0.15) is 0 Å². The molecule has 2 aromatic rings. The number of halogens is 1. The van der Waals surface area contributed by atoms with Crippen LogP contribution in [0, 0.1) is 0 Å². The summed E-state index contributed by atoms with van der Waals surface area (Å²) in [7, 11) is 0. The van der Waals surface area contributed by atoms with Gasteiger partial charge in [0.2, 0.25) is 0 Å². The van der Waals surface area contributed by atoms with Gasteiger partial charge < -0.3 is 0 Å². The molecule has 4 heteroatoms. The van der Waals surface area contributed by atoms with E-state index in [1.807, 2.05) is 29.5 Å². The molecule has 17 heavy (non-hydrogen) atoms. The van der Waals surface area contributed by atoms with Crippen molar-refractivity contribution in [2.24, 2.45) is 0 Å². The molecule has 88 valence electrons. The van der Waals surface area contributed by atoms with Crippen LogP contribution in [0.1, 0.15) is 24.3 Å². The van der Waals surface area contributed by atoms with Crippen LogP contribution >= 0.6 is 22.9 Å². The van der Waals surface area contributed by atoms with E-state index in [0.29, 0.717) is 0 Å². The first-order chi connectivity index (χ1) is 8.28. The van der Waals surface area contributed by atoms with Crippen LogP contribution in [0.3, 0.4) is 0 Å². The summed E-state index contributed by atoms with van der Waals surface area (Å²) < 4.78 is 1.22. The minimum atomic E-state index is 0.288. The zero-order chi connectivity index (χ0) is 11.5. The summed E-state index contributed by atoms with van der Waals surface area (Å²) in [4.78, 5) is 7.42. The molecule has 0 aliphatic carbocycles. The van der Waals surface area contributed by atoms with E-state index in [1.54, 1.807) is 0 Å². The Balaban J connectivity index is 1.86. The van der Waals surface area contributed by atoms with E-state index in [2.05, 4.69) is 4.90 Å². The number of thiazole rings is 1. The summed E-state index contributed by atoms with van der Waals surface area (Å²) in [5.41, 5.74) is 1.39. The van der Waals surface area contributed by atoms with E-state index in [1.165, 1.54) is 42.1 Å². The number of fused-ring (bicyclic) bond motifs is 2. The average molecular weight is 265 g/mol. The first-order valence-corrected chi connectivity index (χ1v) is 7.29. The highest BCUT2D eigenvalue weighted by Gasteiger charge is 2.51. The number of aromatic nitrogens is 1. The minimum absolute atomic E-state index is 0.288. The van der Waals surface area contributed by atoms with Crippen LogP contribution in [0.25, 0.3) is 10.2 Å². The predicted octanol–water partition coefficient (Wildman–Crippen LogP) is 3.64. The fourth-order valence-corrected chi connectivity index (χ4v) is 4.67. The lowest BCUT2D eigenvalue weighted by molar-refractivity contribution is 0.0242. The number of rotatable bonds is 1. The zero-order valence-electron chi connectivity index (χ0n) is 9.45. The largest absolute Gasteiger partial charge is 0.291 e. The van der Waals surface area contributed by atoms with Crippen LogP contribution in [-0.2, 0) is 5.54 Å². The van der Waals surface area contributed by atoms with E-state index in [9.17, 15) is 0 Å². The highest BCUT2D eigenvalue weighted by atomic mass is 35.5. The average Bonchev–Trinajstić information content (AvgIpc) is 2.81. The second-order valence-corrected chi connectivity index (χ2v) is 6.47. The molecule has 1 aromatic carbocycles. The molecule has 2 aliphatic heterocycles. The lowest BCUT2D eigenvalue weighted by Crippen LogP contribution is -2.52. The van der Waals surface area contributed by atoms with Crippen LogP contribution in [0.2, 0.25) is 5.02 Å². The molecule has 0 spiro atoms. The maximum Gasteiger partial charge on any atom is 0.114 e. The molecule has 0 N–H and O–H groups in total. The Morgan fingerprint density at radius 1 is 1.29 bits per heavy atom. The smallest absolute Gasteiger partial charge is 0.114 e. The van der Waals surface area contributed by atoms with Crippen LogP contribution < -0.4 is 0 Å². The molecule has 0 radical (unpaired) electrons. The monoisotopic (exact) mass is 264 g/mol. The SMILES string of the molecule is Clc1ccc2nc(C34CCCN3CC4)sc2c1. The van der Waals surface area contributed by atoms with Gasteiger partial charge in [0, 0.05) is 11.6 Å². The van der Waals surface area contributed by atoms with Crippen molar-refractivity contribution in [1.82, 2.24) is 9.88 Å². The molecule has 0 bridgehead atoms. The Morgan fingerprint density at radius 3 is 3.00 bits per heavy atom. The van der Waals surface area contributed by atoms with Crippen molar-refractivity contribution in [3.8, 4) is 0 Å². The fraction of sp³-hybridized carbons (Fsp3) is 0.462. The van der Waals surface area contributed by atoms with Gasteiger partial charge in [-0.15, -0.1) is 11.3 Å². The Hall–Kier alpha value is -0.640. The minimum Gasteiger partial charge on any atom is -0.291 e. The van der Waals surface area contributed by atoms with Crippen LogP contribution in [0.5, 0.6) is 0 Å². The number of nitrogens with zero attached hydrogens (tertiary/aromatic N) is 2. The van der Waals surface area contributed by atoms with Gasteiger partial charge in [-0.1, -0.05) is 11.6 Å². The Labute approximate surface area is 109 Å².